The van der Waals surface area contributed by atoms with Crippen LogP contribution in [-0.4, -0.2) is 17.2 Å². The zero-order chi connectivity index (χ0) is 13.0. The van der Waals surface area contributed by atoms with E-state index in [1.165, 1.54) is 6.08 Å². The Balaban J connectivity index is 3.20. The summed E-state index contributed by atoms with van der Waals surface area (Å²) in [5.74, 6) is -0.611. The molecule has 5 heteroatoms. The van der Waals surface area contributed by atoms with Crippen molar-refractivity contribution in [2.45, 2.75) is 20.0 Å². The van der Waals surface area contributed by atoms with Crippen molar-refractivity contribution in [2.75, 3.05) is 0 Å². The third kappa shape index (κ3) is 4.29. The lowest BCUT2D eigenvalue weighted by Crippen LogP contribution is -2.07. The Morgan fingerprint density at radius 3 is 2.59 bits per heavy atom. The van der Waals surface area contributed by atoms with Gasteiger partial charge in [-0.3, -0.25) is 0 Å². The highest BCUT2D eigenvalue weighted by molar-refractivity contribution is 6.35. The fraction of sp³-hybridized carbons (Fsp3) is 0.250. The average molecular weight is 275 g/mol. The number of rotatable bonds is 4. The Hall–Kier alpha value is -1.19. The second-order valence-electron chi connectivity index (χ2n) is 3.64. The number of halogens is 2. The summed E-state index contributed by atoms with van der Waals surface area (Å²) in [5, 5.41) is 9.38. The topological polar surface area (TPSA) is 46.5 Å². The number of ether oxygens (including phenoxy) is 1. The molecule has 0 unspecified atom stereocenters. The molecule has 0 saturated heterocycles. The van der Waals surface area contributed by atoms with E-state index in [2.05, 4.69) is 0 Å². The molecule has 0 fully saturated rings. The summed E-state index contributed by atoms with van der Waals surface area (Å²) in [4.78, 5) is 10.5. The Morgan fingerprint density at radius 2 is 2.06 bits per heavy atom. The Morgan fingerprint density at radius 1 is 1.41 bits per heavy atom. The van der Waals surface area contributed by atoms with Gasteiger partial charge < -0.3 is 9.84 Å². The van der Waals surface area contributed by atoms with Gasteiger partial charge in [-0.1, -0.05) is 23.2 Å². The van der Waals surface area contributed by atoms with E-state index in [4.69, 9.17) is 33.0 Å². The fourth-order valence-electron chi connectivity index (χ4n) is 1.23. The van der Waals surface area contributed by atoms with Gasteiger partial charge in [0, 0.05) is 16.7 Å². The van der Waals surface area contributed by atoms with Crippen molar-refractivity contribution in [3.63, 3.8) is 0 Å². The Labute approximate surface area is 110 Å². The van der Waals surface area contributed by atoms with Gasteiger partial charge in [0.25, 0.3) is 0 Å². The molecule has 0 aliphatic carbocycles. The van der Waals surface area contributed by atoms with Crippen LogP contribution in [0.4, 0.5) is 0 Å². The standard InChI is InChI=1S/C12H12Cl2O3/c1-7(2)17-12-8(3-4-11(15)16)5-9(13)6-10(12)14/h3-7H,1-2H3,(H,15,16)/b4-3+. The molecule has 0 bridgehead atoms. The van der Waals surface area contributed by atoms with Crippen molar-refractivity contribution < 1.29 is 14.6 Å². The minimum atomic E-state index is -1.04. The third-order valence-corrected chi connectivity index (χ3v) is 2.30. The molecular weight excluding hydrogens is 263 g/mol. The van der Waals surface area contributed by atoms with Crippen LogP contribution >= 0.6 is 23.2 Å². The number of benzene rings is 1. The third-order valence-electron chi connectivity index (χ3n) is 1.80. The number of hydrogen-bond donors (Lipinski definition) is 1. The van der Waals surface area contributed by atoms with Crippen LogP contribution in [0.15, 0.2) is 18.2 Å². The molecule has 0 aromatic heterocycles. The van der Waals surface area contributed by atoms with Gasteiger partial charge in [0.1, 0.15) is 5.75 Å². The molecule has 0 aliphatic heterocycles. The molecule has 17 heavy (non-hydrogen) atoms. The van der Waals surface area contributed by atoms with E-state index >= 15 is 0 Å². The van der Waals surface area contributed by atoms with Gasteiger partial charge >= 0.3 is 5.97 Å². The van der Waals surface area contributed by atoms with Crippen molar-refractivity contribution in [1.29, 1.82) is 0 Å². The molecule has 0 saturated carbocycles. The van der Waals surface area contributed by atoms with Crippen molar-refractivity contribution in [3.05, 3.63) is 33.8 Å². The van der Waals surface area contributed by atoms with E-state index in [0.717, 1.165) is 6.08 Å². The SMILES string of the molecule is CC(C)Oc1c(Cl)cc(Cl)cc1/C=C/C(=O)O. The van der Waals surface area contributed by atoms with Crippen molar-refractivity contribution >= 4 is 35.2 Å². The van der Waals surface area contributed by atoms with Crippen molar-refractivity contribution in [3.8, 4) is 5.75 Å². The van der Waals surface area contributed by atoms with Crippen LogP contribution in [-0.2, 0) is 4.79 Å². The fourth-order valence-corrected chi connectivity index (χ4v) is 1.78. The van der Waals surface area contributed by atoms with Crippen molar-refractivity contribution in [1.82, 2.24) is 0 Å². The first kappa shape index (κ1) is 13.9. The van der Waals surface area contributed by atoms with E-state index in [-0.39, 0.29) is 6.10 Å². The van der Waals surface area contributed by atoms with Crippen LogP contribution in [0.1, 0.15) is 19.4 Å². The van der Waals surface area contributed by atoms with Crippen LogP contribution in [0.25, 0.3) is 6.08 Å². The summed E-state index contributed by atoms with van der Waals surface area (Å²) in [6.45, 7) is 3.71. The smallest absolute Gasteiger partial charge is 0.328 e. The molecule has 0 amide bonds. The number of carbonyl (C=O) groups is 1. The molecular formula is C12H12Cl2O3. The minimum Gasteiger partial charge on any atom is -0.489 e. The summed E-state index contributed by atoms with van der Waals surface area (Å²) in [7, 11) is 0. The van der Waals surface area contributed by atoms with Crippen LogP contribution in [0.3, 0.4) is 0 Å². The molecule has 1 aromatic rings. The predicted octanol–water partition coefficient (Wildman–Crippen LogP) is 3.88. The number of carboxylic acids is 1. The second-order valence-corrected chi connectivity index (χ2v) is 4.49. The highest BCUT2D eigenvalue weighted by Gasteiger charge is 2.10. The van der Waals surface area contributed by atoms with Crippen LogP contribution in [0.2, 0.25) is 10.0 Å². The summed E-state index contributed by atoms with van der Waals surface area (Å²) >= 11 is 11.9. The molecule has 0 heterocycles. The molecule has 1 aromatic carbocycles. The molecule has 3 nitrogen and oxygen atoms in total. The van der Waals surface area contributed by atoms with E-state index in [0.29, 0.717) is 21.4 Å². The number of aliphatic carboxylic acids is 1. The minimum absolute atomic E-state index is 0.0642. The average Bonchev–Trinajstić information content (AvgIpc) is 2.18. The summed E-state index contributed by atoms with van der Waals surface area (Å²) in [5.41, 5.74) is 0.540. The first-order valence-corrected chi connectivity index (χ1v) is 5.72. The van der Waals surface area contributed by atoms with E-state index < -0.39 is 5.97 Å². The number of hydrogen-bond acceptors (Lipinski definition) is 2. The molecule has 0 aliphatic rings. The van der Waals surface area contributed by atoms with Gasteiger partial charge in [0.2, 0.25) is 0 Å². The second kappa shape index (κ2) is 5.94. The Kier molecular flexibility index (Phi) is 4.85. The van der Waals surface area contributed by atoms with Crippen LogP contribution in [0.5, 0.6) is 5.75 Å². The lowest BCUT2D eigenvalue weighted by Gasteiger charge is -2.14. The van der Waals surface area contributed by atoms with E-state index in [1.54, 1.807) is 12.1 Å². The zero-order valence-corrected chi connectivity index (χ0v) is 10.9. The van der Waals surface area contributed by atoms with Gasteiger partial charge in [-0.15, -0.1) is 0 Å². The van der Waals surface area contributed by atoms with Crippen molar-refractivity contribution in [2.24, 2.45) is 0 Å². The van der Waals surface area contributed by atoms with E-state index in [9.17, 15) is 4.79 Å². The molecule has 1 rings (SSSR count). The summed E-state index contributed by atoms with van der Waals surface area (Å²) in [6, 6.07) is 3.16. The van der Waals surface area contributed by atoms with Gasteiger partial charge in [0.15, 0.2) is 0 Å². The molecule has 0 atom stereocenters. The van der Waals surface area contributed by atoms with Gasteiger partial charge in [-0.05, 0) is 32.1 Å². The largest absolute Gasteiger partial charge is 0.489 e. The van der Waals surface area contributed by atoms with Crippen LogP contribution < -0.4 is 4.74 Å². The van der Waals surface area contributed by atoms with Gasteiger partial charge in [-0.25, -0.2) is 4.79 Å². The van der Waals surface area contributed by atoms with E-state index in [1.807, 2.05) is 13.8 Å². The van der Waals surface area contributed by atoms with Crippen LogP contribution in [0, 0.1) is 0 Å². The Bertz CT molecular complexity index is 453. The summed E-state index contributed by atoms with van der Waals surface area (Å²) in [6.07, 6.45) is 2.35. The lowest BCUT2D eigenvalue weighted by atomic mass is 10.2. The predicted molar refractivity (Wildman–Crippen MR) is 68.9 cm³/mol. The lowest BCUT2D eigenvalue weighted by molar-refractivity contribution is -0.131. The first-order valence-electron chi connectivity index (χ1n) is 4.97. The molecule has 0 radical (unpaired) electrons. The molecule has 0 spiro atoms. The molecule has 92 valence electrons. The monoisotopic (exact) mass is 274 g/mol. The zero-order valence-electron chi connectivity index (χ0n) is 9.41. The maximum Gasteiger partial charge on any atom is 0.328 e. The quantitative estimate of drug-likeness (QED) is 0.848. The highest BCUT2D eigenvalue weighted by Crippen LogP contribution is 2.34. The highest BCUT2D eigenvalue weighted by atomic mass is 35.5. The maximum atomic E-state index is 10.5. The maximum absolute atomic E-state index is 10.5. The summed E-state index contributed by atoms with van der Waals surface area (Å²) < 4.78 is 5.53. The molecule has 1 N–H and O–H groups in total. The first-order chi connectivity index (χ1) is 7.90. The van der Waals surface area contributed by atoms with Gasteiger partial charge in [0.05, 0.1) is 11.1 Å². The normalized spacial score (nSPS) is 11.1. The van der Waals surface area contributed by atoms with Gasteiger partial charge in [-0.2, -0.15) is 0 Å². The number of carboxylic acid groups (broad SMARTS) is 1.